The SMILES string of the molecule is CO[C@@H]1C[C@@H](I)N(C)C1. The lowest BCUT2D eigenvalue weighted by Crippen LogP contribution is -2.20. The number of alkyl halides is 1. The Bertz CT molecular complexity index is 89.1. The summed E-state index contributed by atoms with van der Waals surface area (Å²) >= 11 is 2.44. The summed E-state index contributed by atoms with van der Waals surface area (Å²) in [5.41, 5.74) is 0. The predicted octanol–water partition coefficient (Wildman–Crippen LogP) is 1.10. The van der Waals surface area contributed by atoms with Gasteiger partial charge < -0.3 is 4.74 Å². The average molecular weight is 241 g/mol. The molecule has 0 radical (unpaired) electrons. The van der Waals surface area contributed by atoms with Crippen LogP contribution in [0.25, 0.3) is 0 Å². The highest BCUT2D eigenvalue weighted by atomic mass is 127. The molecular formula is C6H12INO. The second-order valence-electron chi connectivity index (χ2n) is 2.47. The van der Waals surface area contributed by atoms with Gasteiger partial charge in [0.2, 0.25) is 0 Å². The smallest absolute Gasteiger partial charge is 0.0721 e. The van der Waals surface area contributed by atoms with Crippen molar-refractivity contribution in [1.82, 2.24) is 4.90 Å². The highest BCUT2D eigenvalue weighted by Gasteiger charge is 2.26. The standard InChI is InChI=1S/C6H12INO/c1-8-4-5(9-2)3-6(8)7/h5-6H,3-4H2,1-2H3/t5-,6+/m1/s1. The van der Waals surface area contributed by atoms with Gasteiger partial charge in [-0.05, 0) is 13.5 Å². The Balaban J connectivity index is 2.35. The van der Waals surface area contributed by atoms with Gasteiger partial charge in [-0.3, -0.25) is 4.90 Å². The molecule has 0 aromatic heterocycles. The van der Waals surface area contributed by atoms with Gasteiger partial charge in [0.15, 0.2) is 0 Å². The molecule has 0 saturated carbocycles. The molecule has 1 heterocycles. The van der Waals surface area contributed by atoms with E-state index >= 15 is 0 Å². The van der Waals surface area contributed by atoms with E-state index in [1.165, 1.54) is 6.42 Å². The first-order chi connectivity index (χ1) is 4.24. The number of ether oxygens (including phenoxy) is 1. The van der Waals surface area contributed by atoms with Gasteiger partial charge in [0.25, 0.3) is 0 Å². The van der Waals surface area contributed by atoms with E-state index < -0.39 is 0 Å². The Morgan fingerprint density at radius 2 is 2.33 bits per heavy atom. The van der Waals surface area contributed by atoms with E-state index in [0.717, 1.165) is 6.54 Å². The van der Waals surface area contributed by atoms with Crippen molar-refractivity contribution in [2.75, 3.05) is 20.7 Å². The summed E-state index contributed by atoms with van der Waals surface area (Å²) in [6.07, 6.45) is 1.64. The van der Waals surface area contributed by atoms with Crippen LogP contribution in [-0.4, -0.2) is 35.8 Å². The number of nitrogens with zero attached hydrogens (tertiary/aromatic N) is 1. The van der Waals surface area contributed by atoms with Crippen LogP contribution in [0, 0.1) is 0 Å². The Kier molecular flexibility index (Phi) is 2.73. The fourth-order valence-corrected chi connectivity index (χ4v) is 1.87. The molecule has 1 fully saturated rings. The molecular weight excluding hydrogens is 229 g/mol. The lowest BCUT2D eigenvalue weighted by atomic mass is 10.3. The number of methoxy groups -OCH3 is 1. The fraction of sp³-hybridized carbons (Fsp3) is 1.00. The Labute approximate surface area is 69.7 Å². The maximum Gasteiger partial charge on any atom is 0.0721 e. The molecule has 0 N–H and O–H groups in total. The third-order valence-corrected chi connectivity index (χ3v) is 3.22. The normalized spacial score (nSPS) is 37.7. The van der Waals surface area contributed by atoms with E-state index in [2.05, 4.69) is 34.5 Å². The third-order valence-electron chi connectivity index (χ3n) is 1.76. The molecule has 0 aromatic rings. The van der Waals surface area contributed by atoms with Crippen molar-refractivity contribution in [3.8, 4) is 0 Å². The zero-order valence-electron chi connectivity index (χ0n) is 5.80. The zero-order valence-corrected chi connectivity index (χ0v) is 7.96. The van der Waals surface area contributed by atoms with Crippen molar-refractivity contribution < 1.29 is 4.74 Å². The van der Waals surface area contributed by atoms with Gasteiger partial charge in [-0.2, -0.15) is 0 Å². The number of likely N-dealkylation sites (N-methyl/N-ethyl adjacent to an activating group) is 1. The fourth-order valence-electron chi connectivity index (χ4n) is 1.08. The molecule has 0 unspecified atom stereocenters. The molecule has 54 valence electrons. The number of halogens is 1. The van der Waals surface area contributed by atoms with Crippen molar-refractivity contribution >= 4 is 22.6 Å². The highest BCUT2D eigenvalue weighted by Crippen LogP contribution is 2.22. The monoisotopic (exact) mass is 241 g/mol. The lowest BCUT2D eigenvalue weighted by molar-refractivity contribution is 0.111. The summed E-state index contributed by atoms with van der Waals surface area (Å²) in [5.74, 6) is 0. The van der Waals surface area contributed by atoms with Gasteiger partial charge in [-0.25, -0.2) is 0 Å². The molecule has 1 rings (SSSR count). The van der Waals surface area contributed by atoms with Crippen LogP contribution in [0.1, 0.15) is 6.42 Å². The van der Waals surface area contributed by atoms with Crippen LogP contribution in [0.15, 0.2) is 0 Å². The van der Waals surface area contributed by atoms with Crippen LogP contribution >= 0.6 is 22.6 Å². The zero-order chi connectivity index (χ0) is 6.85. The second kappa shape index (κ2) is 3.16. The van der Waals surface area contributed by atoms with E-state index in [4.69, 9.17) is 4.74 Å². The van der Waals surface area contributed by atoms with Crippen LogP contribution in [-0.2, 0) is 4.74 Å². The van der Waals surface area contributed by atoms with Crippen molar-refractivity contribution in [3.63, 3.8) is 0 Å². The Hall–Kier alpha value is 0.650. The van der Waals surface area contributed by atoms with E-state index in [1.807, 2.05) is 0 Å². The summed E-state index contributed by atoms with van der Waals surface area (Å²) in [4.78, 5) is 2.31. The van der Waals surface area contributed by atoms with Crippen LogP contribution in [0.2, 0.25) is 0 Å². The van der Waals surface area contributed by atoms with E-state index in [9.17, 15) is 0 Å². The topological polar surface area (TPSA) is 12.5 Å². The molecule has 1 saturated heterocycles. The molecule has 2 atom stereocenters. The molecule has 2 nitrogen and oxygen atoms in total. The summed E-state index contributed by atoms with van der Waals surface area (Å²) in [5, 5.41) is 0. The van der Waals surface area contributed by atoms with Crippen molar-refractivity contribution in [1.29, 1.82) is 0 Å². The first-order valence-electron chi connectivity index (χ1n) is 3.11. The molecule has 0 aliphatic carbocycles. The minimum Gasteiger partial charge on any atom is -0.380 e. The molecule has 0 aromatic carbocycles. The van der Waals surface area contributed by atoms with Crippen molar-refractivity contribution in [2.24, 2.45) is 0 Å². The summed E-state index contributed by atoms with van der Waals surface area (Å²) in [7, 11) is 3.92. The van der Waals surface area contributed by atoms with Crippen molar-refractivity contribution in [2.45, 2.75) is 16.6 Å². The van der Waals surface area contributed by atoms with E-state index in [-0.39, 0.29) is 0 Å². The minimum absolute atomic E-state index is 0.469. The van der Waals surface area contributed by atoms with Gasteiger partial charge in [0.05, 0.1) is 10.2 Å². The maximum atomic E-state index is 5.21. The summed E-state index contributed by atoms with van der Waals surface area (Å²) in [6.45, 7) is 1.09. The van der Waals surface area contributed by atoms with E-state index in [1.54, 1.807) is 7.11 Å². The lowest BCUT2D eigenvalue weighted by Gasteiger charge is -2.10. The van der Waals surface area contributed by atoms with Gasteiger partial charge >= 0.3 is 0 Å². The second-order valence-corrected chi connectivity index (χ2v) is 3.91. The van der Waals surface area contributed by atoms with Gasteiger partial charge in [-0.15, -0.1) is 0 Å². The largest absolute Gasteiger partial charge is 0.380 e. The number of hydrogen-bond acceptors (Lipinski definition) is 2. The highest BCUT2D eigenvalue weighted by molar-refractivity contribution is 14.1. The molecule has 1 aliphatic rings. The van der Waals surface area contributed by atoms with Gasteiger partial charge in [0.1, 0.15) is 0 Å². The number of hydrogen-bond donors (Lipinski definition) is 0. The van der Waals surface area contributed by atoms with Crippen LogP contribution in [0.4, 0.5) is 0 Å². The van der Waals surface area contributed by atoms with Crippen molar-refractivity contribution in [3.05, 3.63) is 0 Å². The Morgan fingerprint density at radius 1 is 1.67 bits per heavy atom. The predicted molar refractivity (Wildman–Crippen MR) is 45.9 cm³/mol. The minimum atomic E-state index is 0.469. The summed E-state index contributed by atoms with van der Waals surface area (Å²) < 4.78 is 5.88. The van der Waals surface area contributed by atoms with Gasteiger partial charge in [-0.1, -0.05) is 22.6 Å². The average Bonchev–Trinajstić information content (AvgIpc) is 2.13. The third kappa shape index (κ3) is 1.78. The first kappa shape index (κ1) is 7.75. The Morgan fingerprint density at radius 3 is 2.56 bits per heavy atom. The summed E-state index contributed by atoms with van der Waals surface area (Å²) in [6, 6.07) is 0. The van der Waals surface area contributed by atoms with Crippen LogP contribution in [0.3, 0.4) is 0 Å². The quantitative estimate of drug-likeness (QED) is 0.387. The molecule has 9 heavy (non-hydrogen) atoms. The number of likely N-dealkylation sites (tertiary alicyclic amines) is 1. The first-order valence-corrected chi connectivity index (χ1v) is 4.35. The van der Waals surface area contributed by atoms with E-state index in [0.29, 0.717) is 10.2 Å². The maximum absolute atomic E-state index is 5.21. The molecule has 1 aliphatic heterocycles. The molecule has 3 heteroatoms. The van der Waals surface area contributed by atoms with Crippen LogP contribution in [0.5, 0.6) is 0 Å². The molecule has 0 spiro atoms. The van der Waals surface area contributed by atoms with Crippen LogP contribution < -0.4 is 0 Å². The molecule has 0 bridgehead atoms. The van der Waals surface area contributed by atoms with Gasteiger partial charge in [0, 0.05) is 13.7 Å². The number of rotatable bonds is 1. The molecule has 0 amide bonds.